The van der Waals surface area contributed by atoms with Crippen molar-refractivity contribution in [2.75, 3.05) is 10.9 Å². The lowest BCUT2D eigenvalue weighted by atomic mass is 9.87. The number of esters is 1. The van der Waals surface area contributed by atoms with Crippen LogP contribution in [0.4, 0.5) is 36.4 Å². The van der Waals surface area contributed by atoms with Crippen molar-refractivity contribution in [3.05, 3.63) is 59.4 Å². The molecule has 218 valence electrons. The highest BCUT2D eigenvalue weighted by molar-refractivity contribution is 7.92. The van der Waals surface area contributed by atoms with E-state index >= 15 is 0 Å². The summed E-state index contributed by atoms with van der Waals surface area (Å²) < 4.78 is 127. The number of nitrogens with zero attached hydrogens (tertiary/aromatic N) is 1. The number of carbonyl (C=O) groups is 2. The topological polar surface area (TPSA) is 113 Å². The lowest BCUT2D eigenvalue weighted by Crippen LogP contribution is -2.54. The second kappa shape index (κ2) is 10.2. The van der Waals surface area contributed by atoms with Crippen LogP contribution in [-0.2, 0) is 36.4 Å². The number of halogens is 7. The molecule has 0 radical (unpaired) electrons. The fraction of sp³-hybridized carbons (Fsp3) is 0.417. The number of benzene rings is 2. The minimum atomic E-state index is -6.16. The van der Waals surface area contributed by atoms with Crippen molar-refractivity contribution in [3.63, 3.8) is 0 Å². The van der Waals surface area contributed by atoms with Gasteiger partial charge >= 0.3 is 18.3 Å². The predicted molar refractivity (Wildman–Crippen MR) is 123 cm³/mol. The molecule has 1 saturated heterocycles. The highest BCUT2D eigenvalue weighted by Gasteiger charge is 2.71. The zero-order valence-corrected chi connectivity index (χ0v) is 21.0. The summed E-state index contributed by atoms with van der Waals surface area (Å²) >= 11 is 0. The number of fused-ring (bicyclic) bond motifs is 1. The lowest BCUT2D eigenvalue weighted by molar-refractivity contribution is -0.376. The molecule has 4 rings (SSSR count). The number of sulfonamides is 1. The van der Waals surface area contributed by atoms with Crippen molar-refractivity contribution in [1.82, 2.24) is 5.32 Å². The van der Waals surface area contributed by atoms with E-state index in [2.05, 4.69) is 5.32 Å². The van der Waals surface area contributed by atoms with Gasteiger partial charge in [0.1, 0.15) is 11.9 Å². The van der Waals surface area contributed by atoms with Crippen LogP contribution < -0.4 is 9.62 Å². The number of alkyl halides is 6. The maximum Gasteiger partial charge on any atom is 0.430 e. The summed E-state index contributed by atoms with van der Waals surface area (Å²) in [4.78, 5) is 24.0. The molecule has 1 amide bonds. The van der Waals surface area contributed by atoms with Crippen LogP contribution in [0.2, 0.25) is 0 Å². The number of nitrogens with one attached hydrogen (secondary N) is 1. The highest BCUT2D eigenvalue weighted by Crippen LogP contribution is 2.51. The minimum absolute atomic E-state index is 0.0657. The highest BCUT2D eigenvalue weighted by atomic mass is 32.2. The molecular formula is C24H21F7N2O6S. The van der Waals surface area contributed by atoms with Crippen molar-refractivity contribution < 1.29 is 58.6 Å². The van der Waals surface area contributed by atoms with Gasteiger partial charge in [-0.1, -0.05) is 12.1 Å². The van der Waals surface area contributed by atoms with Crippen LogP contribution in [0.1, 0.15) is 30.4 Å². The van der Waals surface area contributed by atoms with Gasteiger partial charge in [0.15, 0.2) is 0 Å². The van der Waals surface area contributed by atoms with Gasteiger partial charge < -0.3 is 15.2 Å². The summed E-state index contributed by atoms with van der Waals surface area (Å²) in [5.41, 5.74) is -7.40. The molecule has 2 heterocycles. The van der Waals surface area contributed by atoms with E-state index in [-0.39, 0.29) is 37.1 Å². The Hall–Kier alpha value is -3.40. The SMILES string of the molecule is O=C(C[C@@H]1CCc2cc(C(O)(C(F)(F)F)C(F)(F)F)ccc2N1S(=O)(=O)c1ccc(F)cc1)NC1CCOC1=O. The third-order valence-electron chi connectivity index (χ3n) is 6.70. The Morgan fingerprint density at radius 3 is 2.20 bits per heavy atom. The van der Waals surface area contributed by atoms with E-state index in [0.717, 1.165) is 24.3 Å². The van der Waals surface area contributed by atoms with Gasteiger partial charge in [0.05, 0.1) is 23.2 Å². The summed E-state index contributed by atoms with van der Waals surface area (Å²) in [6, 6.07) is 2.76. The van der Waals surface area contributed by atoms with Crippen LogP contribution in [0.25, 0.3) is 0 Å². The Morgan fingerprint density at radius 2 is 1.65 bits per heavy atom. The van der Waals surface area contributed by atoms with Gasteiger partial charge in [0.2, 0.25) is 5.91 Å². The Morgan fingerprint density at radius 1 is 1.02 bits per heavy atom. The third-order valence-corrected chi connectivity index (χ3v) is 8.58. The molecule has 16 heteroatoms. The van der Waals surface area contributed by atoms with Crippen LogP contribution in [0.15, 0.2) is 47.4 Å². The smallest absolute Gasteiger partial charge is 0.430 e. The number of hydrogen-bond acceptors (Lipinski definition) is 6. The number of carbonyl (C=O) groups excluding carboxylic acids is 2. The van der Waals surface area contributed by atoms with Crippen LogP contribution >= 0.6 is 0 Å². The van der Waals surface area contributed by atoms with Gasteiger partial charge in [-0.25, -0.2) is 17.6 Å². The average Bonchev–Trinajstić information content (AvgIpc) is 3.25. The van der Waals surface area contributed by atoms with Crippen molar-refractivity contribution in [2.24, 2.45) is 0 Å². The van der Waals surface area contributed by atoms with Gasteiger partial charge in [0.25, 0.3) is 15.6 Å². The zero-order valence-electron chi connectivity index (χ0n) is 20.2. The Kier molecular flexibility index (Phi) is 7.55. The van der Waals surface area contributed by atoms with Crippen LogP contribution in [0.5, 0.6) is 0 Å². The first-order chi connectivity index (χ1) is 18.5. The summed E-state index contributed by atoms with van der Waals surface area (Å²) in [5, 5.41) is 12.2. The summed E-state index contributed by atoms with van der Waals surface area (Å²) in [6.07, 6.45) is -13.1. The van der Waals surface area contributed by atoms with E-state index in [9.17, 15) is 53.8 Å². The number of cyclic esters (lactones) is 1. The van der Waals surface area contributed by atoms with Crippen molar-refractivity contribution in [1.29, 1.82) is 0 Å². The van der Waals surface area contributed by atoms with Gasteiger partial charge in [-0.05, 0) is 48.7 Å². The third kappa shape index (κ3) is 5.21. The molecule has 8 nitrogen and oxygen atoms in total. The maximum absolute atomic E-state index is 13.6. The molecule has 0 aliphatic carbocycles. The molecule has 2 N–H and O–H groups in total. The van der Waals surface area contributed by atoms with Crippen LogP contribution in [-0.4, -0.2) is 56.4 Å². The molecule has 1 fully saturated rings. The number of amides is 1. The lowest BCUT2D eigenvalue weighted by Gasteiger charge is -2.39. The molecule has 2 atom stereocenters. The largest absolute Gasteiger partial charge is 0.464 e. The molecule has 0 saturated carbocycles. The number of hydrogen-bond donors (Lipinski definition) is 2. The molecule has 2 aliphatic heterocycles. The number of ether oxygens (including phenoxy) is 1. The first-order valence-corrected chi connectivity index (χ1v) is 13.2. The fourth-order valence-electron chi connectivity index (χ4n) is 4.67. The number of anilines is 1. The maximum atomic E-state index is 13.6. The van der Waals surface area contributed by atoms with E-state index in [1.54, 1.807) is 0 Å². The van der Waals surface area contributed by atoms with Gasteiger partial charge in [-0.2, -0.15) is 26.3 Å². The first-order valence-electron chi connectivity index (χ1n) is 11.7. The van der Waals surface area contributed by atoms with Crippen molar-refractivity contribution >= 4 is 27.6 Å². The van der Waals surface area contributed by atoms with E-state index in [4.69, 9.17) is 4.74 Å². The second-order valence-electron chi connectivity index (χ2n) is 9.28. The van der Waals surface area contributed by atoms with Crippen LogP contribution in [0.3, 0.4) is 0 Å². The molecule has 2 aromatic carbocycles. The van der Waals surface area contributed by atoms with Crippen molar-refractivity contribution in [3.8, 4) is 0 Å². The summed E-state index contributed by atoms with van der Waals surface area (Å²) in [5.74, 6) is -2.22. The number of aliphatic hydroxyl groups is 1. The Bertz CT molecular complexity index is 1400. The molecule has 0 bridgehead atoms. The molecule has 2 aromatic rings. The molecular weight excluding hydrogens is 577 g/mol. The van der Waals surface area contributed by atoms with Gasteiger partial charge in [0, 0.05) is 18.4 Å². The van der Waals surface area contributed by atoms with Crippen LogP contribution in [0, 0.1) is 5.82 Å². The predicted octanol–water partition coefficient (Wildman–Crippen LogP) is 3.47. The molecule has 0 spiro atoms. The summed E-state index contributed by atoms with van der Waals surface area (Å²) in [7, 11) is -4.64. The number of aryl methyl sites for hydroxylation is 1. The first kappa shape index (κ1) is 29.6. The molecule has 1 unspecified atom stereocenters. The molecule has 0 aromatic heterocycles. The normalized spacial score (nSPS) is 20.2. The standard InChI is InChI=1S/C24H21F7N2O6S/c25-15-3-6-17(7-4-15)40(37,38)33-16(12-20(34)32-18-9-10-39-21(18)35)5-1-13-11-14(2-8-19(13)33)22(36,23(26,27)28)24(29,30)31/h2-4,6-8,11,16,18,36H,1,5,9-10,12H2,(H,32,34)/t16-,18?/m0/s1. The Labute approximate surface area is 222 Å². The van der Waals surface area contributed by atoms with Crippen molar-refractivity contribution in [2.45, 2.75) is 60.6 Å². The van der Waals surface area contributed by atoms with E-state index in [0.29, 0.717) is 22.5 Å². The van der Waals surface area contributed by atoms with Gasteiger partial charge in [-0.3, -0.25) is 9.10 Å². The monoisotopic (exact) mass is 598 g/mol. The summed E-state index contributed by atoms with van der Waals surface area (Å²) in [6.45, 7) is 0.0657. The van der Waals surface area contributed by atoms with E-state index in [1.165, 1.54) is 0 Å². The Balaban J connectivity index is 1.77. The van der Waals surface area contributed by atoms with E-state index in [1.807, 2.05) is 0 Å². The molecule has 40 heavy (non-hydrogen) atoms. The quantitative estimate of drug-likeness (QED) is 0.389. The average molecular weight is 598 g/mol. The zero-order chi connectivity index (χ0) is 29.7. The van der Waals surface area contributed by atoms with Gasteiger partial charge in [-0.15, -0.1) is 0 Å². The van der Waals surface area contributed by atoms with E-state index < -0.39 is 74.6 Å². The second-order valence-corrected chi connectivity index (χ2v) is 11.1. The minimum Gasteiger partial charge on any atom is -0.464 e. The number of rotatable bonds is 6. The fourth-order valence-corrected chi connectivity index (χ4v) is 6.39. The molecule has 2 aliphatic rings.